The number of phenolic OH excluding ortho intramolecular Hbond substituents is 1. The fraction of sp³-hybridized carbons (Fsp3) is 0.500. The molecule has 0 bridgehead atoms. The van der Waals surface area contributed by atoms with Crippen LogP contribution in [0.15, 0.2) is 12.1 Å². The van der Waals surface area contributed by atoms with Crippen LogP contribution in [0.3, 0.4) is 0 Å². The van der Waals surface area contributed by atoms with E-state index in [4.69, 9.17) is 15.2 Å². The second kappa shape index (κ2) is 7.25. The lowest BCUT2D eigenvalue weighted by molar-refractivity contribution is 0.331. The predicted octanol–water partition coefficient (Wildman–Crippen LogP) is 2.11. The molecule has 0 saturated carbocycles. The third kappa shape index (κ3) is 3.68. The van der Waals surface area contributed by atoms with Crippen LogP contribution in [0.25, 0.3) is 0 Å². The summed E-state index contributed by atoms with van der Waals surface area (Å²) < 4.78 is 10.2. The Morgan fingerprint density at radius 3 is 2.41 bits per heavy atom. The summed E-state index contributed by atoms with van der Waals surface area (Å²) in [6.07, 6.45) is 1.50. The van der Waals surface area contributed by atoms with Crippen molar-refractivity contribution < 1.29 is 14.6 Å². The van der Waals surface area contributed by atoms with Gasteiger partial charge in [-0.15, -0.1) is 12.4 Å². The normalized spacial score (nSPS) is 11.5. The third-order valence-corrected chi connectivity index (χ3v) is 2.61. The smallest absolute Gasteiger partial charge is 0.203 e. The Morgan fingerprint density at radius 1 is 1.29 bits per heavy atom. The number of hydrogen-bond donors (Lipinski definition) is 2. The molecule has 17 heavy (non-hydrogen) atoms. The number of aromatic hydroxyl groups is 1. The highest BCUT2D eigenvalue weighted by atomic mass is 35.5. The molecule has 0 aromatic heterocycles. The topological polar surface area (TPSA) is 64.7 Å². The fourth-order valence-corrected chi connectivity index (χ4v) is 1.54. The van der Waals surface area contributed by atoms with Crippen LogP contribution in [0.5, 0.6) is 17.2 Å². The van der Waals surface area contributed by atoms with E-state index in [0.717, 1.165) is 12.0 Å². The highest BCUT2D eigenvalue weighted by Gasteiger charge is 2.15. The molecule has 3 N–H and O–H groups in total. The number of methoxy groups -OCH3 is 2. The van der Waals surface area contributed by atoms with E-state index in [1.54, 1.807) is 6.07 Å². The van der Waals surface area contributed by atoms with Gasteiger partial charge in [-0.25, -0.2) is 0 Å². The molecule has 0 saturated heterocycles. The maximum Gasteiger partial charge on any atom is 0.203 e. The monoisotopic (exact) mass is 261 g/mol. The van der Waals surface area contributed by atoms with Gasteiger partial charge >= 0.3 is 0 Å². The molecule has 1 aromatic rings. The van der Waals surface area contributed by atoms with Gasteiger partial charge in [-0.3, -0.25) is 0 Å². The summed E-state index contributed by atoms with van der Waals surface area (Å²) in [7, 11) is 3.04. The van der Waals surface area contributed by atoms with E-state index in [1.807, 2.05) is 13.0 Å². The molecule has 1 rings (SSSR count). The SMILES string of the molecule is CCC(N)Cc1ccc(OC)c(OC)c1O.Cl. The van der Waals surface area contributed by atoms with Crippen molar-refractivity contribution in [3.05, 3.63) is 17.7 Å². The molecule has 1 aromatic carbocycles. The van der Waals surface area contributed by atoms with Crippen LogP contribution in [-0.2, 0) is 6.42 Å². The van der Waals surface area contributed by atoms with Gasteiger partial charge in [0.25, 0.3) is 0 Å². The van der Waals surface area contributed by atoms with Crippen LogP contribution in [0.2, 0.25) is 0 Å². The summed E-state index contributed by atoms with van der Waals surface area (Å²) in [4.78, 5) is 0. The zero-order valence-electron chi connectivity index (χ0n) is 10.4. The third-order valence-electron chi connectivity index (χ3n) is 2.61. The van der Waals surface area contributed by atoms with Crippen molar-refractivity contribution >= 4 is 12.4 Å². The molecule has 0 aliphatic heterocycles. The molecular weight excluding hydrogens is 242 g/mol. The van der Waals surface area contributed by atoms with Crippen LogP contribution in [0, 0.1) is 0 Å². The molecule has 0 aliphatic carbocycles. The second-order valence-corrected chi connectivity index (χ2v) is 3.68. The first kappa shape index (κ1) is 15.9. The Hall–Kier alpha value is -1.13. The summed E-state index contributed by atoms with van der Waals surface area (Å²) in [5, 5.41) is 9.98. The van der Waals surface area contributed by atoms with Gasteiger partial charge in [-0.05, 0) is 24.5 Å². The van der Waals surface area contributed by atoms with Crippen molar-refractivity contribution in [1.82, 2.24) is 0 Å². The summed E-state index contributed by atoms with van der Waals surface area (Å²) in [5.41, 5.74) is 6.64. The van der Waals surface area contributed by atoms with Crippen molar-refractivity contribution in [2.75, 3.05) is 14.2 Å². The largest absolute Gasteiger partial charge is 0.504 e. The number of nitrogens with two attached hydrogens (primary N) is 1. The number of phenols is 1. The van der Waals surface area contributed by atoms with E-state index in [0.29, 0.717) is 17.9 Å². The van der Waals surface area contributed by atoms with E-state index in [1.165, 1.54) is 14.2 Å². The highest BCUT2D eigenvalue weighted by Crippen LogP contribution is 2.39. The first-order valence-corrected chi connectivity index (χ1v) is 5.32. The minimum absolute atomic E-state index is 0. The Kier molecular flexibility index (Phi) is 6.76. The van der Waals surface area contributed by atoms with Gasteiger partial charge < -0.3 is 20.3 Å². The van der Waals surface area contributed by atoms with E-state index >= 15 is 0 Å². The summed E-state index contributed by atoms with van der Waals surface area (Å²) >= 11 is 0. The molecular formula is C12H20ClNO3. The number of halogens is 1. The average Bonchev–Trinajstić information content (AvgIpc) is 2.31. The van der Waals surface area contributed by atoms with Crippen LogP contribution in [0.4, 0.5) is 0 Å². The molecule has 0 amide bonds. The maximum absolute atomic E-state index is 9.98. The van der Waals surface area contributed by atoms with Crippen LogP contribution in [0.1, 0.15) is 18.9 Å². The standard InChI is InChI=1S/C12H19NO3.ClH/c1-4-9(13)7-8-5-6-10(15-2)12(16-3)11(8)14;/h5-6,9,14H,4,7,13H2,1-3H3;1H. The van der Waals surface area contributed by atoms with Crippen molar-refractivity contribution in [2.24, 2.45) is 5.73 Å². The highest BCUT2D eigenvalue weighted by molar-refractivity contribution is 5.85. The fourth-order valence-electron chi connectivity index (χ4n) is 1.54. The van der Waals surface area contributed by atoms with Crippen molar-refractivity contribution in [3.63, 3.8) is 0 Å². The first-order valence-electron chi connectivity index (χ1n) is 5.32. The minimum atomic E-state index is 0. The Bertz CT molecular complexity index is 358. The minimum Gasteiger partial charge on any atom is -0.504 e. The van der Waals surface area contributed by atoms with Gasteiger partial charge in [0.15, 0.2) is 11.5 Å². The summed E-state index contributed by atoms with van der Waals surface area (Å²) in [5.74, 6) is 1.00. The number of benzene rings is 1. The van der Waals surface area contributed by atoms with E-state index in [-0.39, 0.29) is 24.2 Å². The average molecular weight is 262 g/mol. The number of ether oxygens (including phenoxy) is 2. The first-order chi connectivity index (χ1) is 7.63. The molecule has 98 valence electrons. The second-order valence-electron chi connectivity index (χ2n) is 3.68. The van der Waals surface area contributed by atoms with Crippen molar-refractivity contribution in [3.8, 4) is 17.2 Å². The van der Waals surface area contributed by atoms with Crippen molar-refractivity contribution in [2.45, 2.75) is 25.8 Å². The van der Waals surface area contributed by atoms with Crippen LogP contribution >= 0.6 is 12.4 Å². The molecule has 0 heterocycles. The molecule has 0 fully saturated rings. The molecule has 5 heteroatoms. The van der Waals surface area contributed by atoms with Gasteiger partial charge in [0.05, 0.1) is 14.2 Å². The van der Waals surface area contributed by atoms with E-state index < -0.39 is 0 Å². The van der Waals surface area contributed by atoms with Gasteiger partial charge in [0.1, 0.15) is 0 Å². The van der Waals surface area contributed by atoms with E-state index in [2.05, 4.69) is 0 Å². The number of hydrogen-bond acceptors (Lipinski definition) is 4. The lowest BCUT2D eigenvalue weighted by atomic mass is 10.0. The zero-order chi connectivity index (χ0) is 12.1. The lowest BCUT2D eigenvalue weighted by Crippen LogP contribution is -2.21. The van der Waals surface area contributed by atoms with Crippen LogP contribution < -0.4 is 15.2 Å². The van der Waals surface area contributed by atoms with E-state index in [9.17, 15) is 5.11 Å². The quantitative estimate of drug-likeness (QED) is 0.852. The van der Waals surface area contributed by atoms with Gasteiger partial charge in [0, 0.05) is 6.04 Å². The molecule has 1 unspecified atom stereocenters. The molecule has 4 nitrogen and oxygen atoms in total. The van der Waals surface area contributed by atoms with Crippen LogP contribution in [-0.4, -0.2) is 25.4 Å². The predicted molar refractivity (Wildman–Crippen MR) is 70.4 cm³/mol. The van der Waals surface area contributed by atoms with Gasteiger partial charge in [-0.1, -0.05) is 13.0 Å². The van der Waals surface area contributed by atoms with Crippen molar-refractivity contribution in [1.29, 1.82) is 0 Å². The molecule has 0 spiro atoms. The van der Waals surface area contributed by atoms with Gasteiger partial charge in [-0.2, -0.15) is 0 Å². The molecule has 1 atom stereocenters. The molecule has 0 aliphatic rings. The Morgan fingerprint density at radius 2 is 1.94 bits per heavy atom. The summed E-state index contributed by atoms with van der Waals surface area (Å²) in [6.45, 7) is 2.02. The lowest BCUT2D eigenvalue weighted by Gasteiger charge is -2.14. The number of rotatable bonds is 5. The van der Waals surface area contributed by atoms with Gasteiger partial charge in [0.2, 0.25) is 5.75 Å². The zero-order valence-corrected chi connectivity index (χ0v) is 11.2. The Balaban J connectivity index is 0.00000256. The molecule has 0 radical (unpaired) electrons. The Labute approximate surface area is 108 Å². The summed E-state index contributed by atoms with van der Waals surface area (Å²) in [6, 6.07) is 3.63. The maximum atomic E-state index is 9.98.